The van der Waals surface area contributed by atoms with Crippen LogP contribution in [0, 0.1) is 5.92 Å². The van der Waals surface area contributed by atoms with Gasteiger partial charge >= 0.3 is 0 Å². The molecule has 20 heavy (non-hydrogen) atoms. The van der Waals surface area contributed by atoms with Crippen molar-refractivity contribution in [2.45, 2.75) is 26.7 Å². The molecule has 0 amide bonds. The van der Waals surface area contributed by atoms with E-state index >= 15 is 0 Å². The molecule has 4 nitrogen and oxygen atoms in total. The smallest absolute Gasteiger partial charge is 0.229 e. The van der Waals surface area contributed by atoms with Crippen molar-refractivity contribution in [2.24, 2.45) is 5.92 Å². The Morgan fingerprint density at radius 3 is 2.70 bits per heavy atom. The number of nitrogens with zero attached hydrogens (tertiary/aromatic N) is 1. The van der Waals surface area contributed by atoms with Gasteiger partial charge in [0.15, 0.2) is 0 Å². The molecule has 0 atom stereocenters. The second-order valence-corrected chi connectivity index (χ2v) is 7.84. The van der Waals surface area contributed by atoms with Crippen LogP contribution in [0.3, 0.4) is 0 Å². The Morgan fingerprint density at radius 1 is 1.40 bits per heavy atom. The molecule has 1 aliphatic heterocycles. The normalized spacial score (nSPS) is 14.8. The van der Waals surface area contributed by atoms with E-state index in [1.54, 1.807) is 6.07 Å². The van der Waals surface area contributed by atoms with Gasteiger partial charge in [-0.25, -0.2) is 8.42 Å². The monoisotopic (exact) mass is 312 g/mol. The lowest BCUT2D eigenvalue weighted by Gasteiger charge is -2.20. The van der Waals surface area contributed by atoms with E-state index in [0.717, 1.165) is 35.5 Å². The number of thiocarbonyl (C=S) groups is 1. The van der Waals surface area contributed by atoms with Crippen LogP contribution in [0.25, 0.3) is 0 Å². The Bertz CT molecular complexity index is 624. The topological polar surface area (TPSA) is 49.4 Å². The molecule has 0 aromatic heterocycles. The summed E-state index contributed by atoms with van der Waals surface area (Å²) < 4.78 is 25.0. The van der Waals surface area contributed by atoms with E-state index in [1.807, 2.05) is 12.1 Å². The summed E-state index contributed by atoms with van der Waals surface area (Å²) in [5.41, 5.74) is 2.79. The van der Waals surface area contributed by atoms with Crippen LogP contribution in [0.15, 0.2) is 18.2 Å². The van der Waals surface area contributed by atoms with Gasteiger partial charge in [-0.2, -0.15) is 0 Å². The third-order valence-electron chi connectivity index (χ3n) is 3.25. The van der Waals surface area contributed by atoms with Gasteiger partial charge in [-0.1, -0.05) is 26.1 Å². The second kappa shape index (κ2) is 5.69. The minimum absolute atomic E-state index is 0.597. The maximum Gasteiger partial charge on any atom is 0.229 e. The molecule has 1 aliphatic rings. The van der Waals surface area contributed by atoms with Crippen molar-refractivity contribution in [3.63, 3.8) is 0 Å². The first-order valence-electron chi connectivity index (χ1n) is 6.67. The van der Waals surface area contributed by atoms with Gasteiger partial charge in [0.1, 0.15) is 0 Å². The zero-order valence-corrected chi connectivity index (χ0v) is 13.6. The molecule has 0 unspecified atom stereocenters. The number of fused-ring (bicyclic) bond motifs is 1. The fourth-order valence-electron chi connectivity index (χ4n) is 2.29. The Labute approximate surface area is 126 Å². The second-order valence-electron chi connectivity index (χ2n) is 5.62. The molecule has 2 rings (SSSR count). The van der Waals surface area contributed by atoms with Crippen LogP contribution in [0.5, 0.6) is 0 Å². The predicted octanol–water partition coefficient (Wildman–Crippen LogP) is 2.79. The summed E-state index contributed by atoms with van der Waals surface area (Å²) in [7, 11) is -3.24. The van der Waals surface area contributed by atoms with Crippen molar-refractivity contribution < 1.29 is 8.42 Å². The predicted molar refractivity (Wildman–Crippen MR) is 88.0 cm³/mol. The highest BCUT2D eigenvalue weighted by atomic mass is 32.2. The van der Waals surface area contributed by atoms with Crippen molar-refractivity contribution in [3.8, 4) is 0 Å². The lowest BCUT2D eigenvalue weighted by atomic mass is 10.1. The molecular formula is C14H20N2O2S2. The molecule has 0 aliphatic carbocycles. The standard InChI is InChI=1S/C14H20N2O2S2/c1-10(2)6-7-16-13-5-4-12(15-20(3,17)18)8-11(13)9-14(16)19/h4-5,8,10,15H,6-7,9H2,1-3H3. The molecular weight excluding hydrogens is 292 g/mol. The SMILES string of the molecule is CC(C)CCN1C(=S)Cc2cc(NS(C)(=O)=O)ccc21. The van der Waals surface area contributed by atoms with E-state index in [2.05, 4.69) is 23.5 Å². The average molecular weight is 312 g/mol. The summed E-state index contributed by atoms with van der Waals surface area (Å²) in [6.45, 7) is 5.31. The summed E-state index contributed by atoms with van der Waals surface area (Å²) in [6, 6.07) is 5.61. The number of anilines is 2. The zero-order valence-electron chi connectivity index (χ0n) is 12.0. The number of benzene rings is 1. The highest BCUT2D eigenvalue weighted by Crippen LogP contribution is 2.32. The van der Waals surface area contributed by atoms with Crippen molar-refractivity contribution in [2.75, 3.05) is 22.4 Å². The van der Waals surface area contributed by atoms with Gasteiger partial charge in [-0.05, 0) is 36.1 Å². The zero-order chi connectivity index (χ0) is 14.9. The van der Waals surface area contributed by atoms with Gasteiger partial charge < -0.3 is 4.90 Å². The molecule has 1 aromatic rings. The lowest BCUT2D eigenvalue weighted by molar-refractivity contribution is 0.595. The van der Waals surface area contributed by atoms with Crippen LogP contribution in [0.2, 0.25) is 0 Å². The van der Waals surface area contributed by atoms with E-state index in [9.17, 15) is 8.42 Å². The molecule has 0 fully saturated rings. The Hall–Kier alpha value is -1.14. The number of hydrogen-bond acceptors (Lipinski definition) is 3. The first-order chi connectivity index (χ1) is 9.26. The maximum atomic E-state index is 11.3. The van der Waals surface area contributed by atoms with Crippen molar-refractivity contribution >= 4 is 38.6 Å². The molecule has 0 saturated heterocycles. The lowest BCUT2D eigenvalue weighted by Crippen LogP contribution is -2.27. The summed E-state index contributed by atoms with van der Waals surface area (Å²) >= 11 is 5.44. The van der Waals surface area contributed by atoms with Crippen molar-refractivity contribution in [1.82, 2.24) is 0 Å². The van der Waals surface area contributed by atoms with Crippen molar-refractivity contribution in [3.05, 3.63) is 23.8 Å². The summed E-state index contributed by atoms with van der Waals surface area (Å²) in [6.07, 6.45) is 2.95. The largest absolute Gasteiger partial charge is 0.335 e. The summed E-state index contributed by atoms with van der Waals surface area (Å²) in [5.74, 6) is 0.632. The first-order valence-corrected chi connectivity index (χ1v) is 8.97. The van der Waals surface area contributed by atoms with Gasteiger partial charge in [-0.15, -0.1) is 0 Å². The van der Waals surface area contributed by atoms with Gasteiger partial charge in [0.2, 0.25) is 10.0 Å². The fraction of sp³-hybridized carbons (Fsp3) is 0.500. The molecule has 0 bridgehead atoms. The highest BCUT2D eigenvalue weighted by molar-refractivity contribution is 7.92. The Balaban J connectivity index is 2.21. The van der Waals surface area contributed by atoms with E-state index in [4.69, 9.17) is 12.2 Å². The van der Waals surface area contributed by atoms with Gasteiger partial charge in [0.05, 0.1) is 11.2 Å². The molecule has 0 spiro atoms. The fourth-order valence-corrected chi connectivity index (χ4v) is 3.19. The molecule has 110 valence electrons. The van der Waals surface area contributed by atoms with Crippen LogP contribution in [0.1, 0.15) is 25.8 Å². The van der Waals surface area contributed by atoms with Gasteiger partial charge in [-0.3, -0.25) is 4.72 Å². The number of rotatable bonds is 5. The van der Waals surface area contributed by atoms with Crippen LogP contribution in [-0.4, -0.2) is 26.2 Å². The molecule has 6 heteroatoms. The Kier molecular flexibility index (Phi) is 4.34. The van der Waals surface area contributed by atoms with E-state index in [-0.39, 0.29) is 0 Å². The molecule has 1 N–H and O–H groups in total. The summed E-state index contributed by atoms with van der Waals surface area (Å²) in [5, 5.41) is 0. The third-order valence-corrected chi connectivity index (χ3v) is 4.22. The van der Waals surface area contributed by atoms with Crippen molar-refractivity contribution in [1.29, 1.82) is 0 Å². The van der Waals surface area contributed by atoms with E-state index in [0.29, 0.717) is 18.0 Å². The van der Waals surface area contributed by atoms with Gasteiger partial charge in [0, 0.05) is 24.3 Å². The molecule has 0 radical (unpaired) electrons. The highest BCUT2D eigenvalue weighted by Gasteiger charge is 2.24. The maximum absolute atomic E-state index is 11.3. The van der Waals surface area contributed by atoms with Crippen LogP contribution in [-0.2, 0) is 16.4 Å². The van der Waals surface area contributed by atoms with Gasteiger partial charge in [0.25, 0.3) is 0 Å². The average Bonchev–Trinajstić information content (AvgIpc) is 2.59. The number of sulfonamides is 1. The number of nitrogens with one attached hydrogen (secondary N) is 1. The first kappa shape index (κ1) is 15.3. The van der Waals surface area contributed by atoms with E-state index in [1.165, 1.54) is 0 Å². The summed E-state index contributed by atoms with van der Waals surface area (Å²) in [4.78, 5) is 3.08. The molecule has 0 saturated carbocycles. The Morgan fingerprint density at radius 2 is 2.10 bits per heavy atom. The molecule has 1 heterocycles. The molecule has 1 aromatic carbocycles. The van der Waals surface area contributed by atoms with Crippen LogP contribution >= 0.6 is 12.2 Å². The minimum atomic E-state index is -3.24. The van der Waals surface area contributed by atoms with Crippen LogP contribution in [0.4, 0.5) is 11.4 Å². The minimum Gasteiger partial charge on any atom is -0.335 e. The third kappa shape index (κ3) is 3.70. The quantitative estimate of drug-likeness (QED) is 0.849. The van der Waals surface area contributed by atoms with E-state index < -0.39 is 10.0 Å². The number of hydrogen-bond donors (Lipinski definition) is 1. The van der Waals surface area contributed by atoms with Crippen LogP contribution < -0.4 is 9.62 Å².